The molecule has 1 aromatic carbocycles. The standard InChI is InChI=1S/C13H18O2/c1-2-11-3-5-12(6-4-11)7-13(8-14)9-15-10-13/h3-6,14H,2,7-10H2,1H3. The van der Waals surface area contributed by atoms with Crippen molar-refractivity contribution in [2.75, 3.05) is 19.8 Å². The van der Waals surface area contributed by atoms with E-state index in [1.54, 1.807) is 0 Å². The highest BCUT2D eigenvalue weighted by Gasteiger charge is 2.37. The summed E-state index contributed by atoms with van der Waals surface area (Å²) in [5.41, 5.74) is 2.65. The zero-order valence-corrected chi connectivity index (χ0v) is 9.20. The molecule has 0 bridgehead atoms. The molecule has 2 heteroatoms. The predicted molar refractivity (Wildman–Crippen MR) is 59.9 cm³/mol. The van der Waals surface area contributed by atoms with Gasteiger partial charge in [0.05, 0.1) is 19.8 Å². The van der Waals surface area contributed by atoms with Gasteiger partial charge in [-0.1, -0.05) is 31.2 Å². The maximum absolute atomic E-state index is 9.32. The number of benzene rings is 1. The monoisotopic (exact) mass is 206 g/mol. The van der Waals surface area contributed by atoms with E-state index in [1.165, 1.54) is 11.1 Å². The fourth-order valence-electron chi connectivity index (χ4n) is 1.97. The molecule has 82 valence electrons. The SMILES string of the molecule is CCc1ccc(CC2(CO)COC2)cc1. The summed E-state index contributed by atoms with van der Waals surface area (Å²) in [4.78, 5) is 0. The Bertz CT molecular complexity index is 306. The molecule has 0 atom stereocenters. The van der Waals surface area contributed by atoms with E-state index in [2.05, 4.69) is 31.2 Å². The molecular weight excluding hydrogens is 188 g/mol. The lowest BCUT2D eigenvalue weighted by Gasteiger charge is -2.40. The lowest BCUT2D eigenvalue weighted by molar-refractivity contribution is -0.136. The van der Waals surface area contributed by atoms with E-state index in [-0.39, 0.29) is 12.0 Å². The summed E-state index contributed by atoms with van der Waals surface area (Å²) in [7, 11) is 0. The average molecular weight is 206 g/mol. The molecule has 1 aliphatic heterocycles. The third kappa shape index (κ3) is 2.21. The minimum absolute atomic E-state index is 0.00622. The molecule has 0 radical (unpaired) electrons. The maximum Gasteiger partial charge on any atom is 0.0570 e. The molecule has 15 heavy (non-hydrogen) atoms. The van der Waals surface area contributed by atoms with Gasteiger partial charge in [-0.3, -0.25) is 0 Å². The van der Waals surface area contributed by atoms with Gasteiger partial charge in [0.25, 0.3) is 0 Å². The van der Waals surface area contributed by atoms with Crippen LogP contribution in [0.15, 0.2) is 24.3 Å². The molecule has 1 heterocycles. The van der Waals surface area contributed by atoms with Gasteiger partial charge in [0.15, 0.2) is 0 Å². The molecule has 1 N–H and O–H groups in total. The highest BCUT2D eigenvalue weighted by Crippen LogP contribution is 2.31. The molecule has 1 saturated heterocycles. The van der Waals surface area contributed by atoms with E-state index in [1.807, 2.05) is 0 Å². The Morgan fingerprint density at radius 1 is 1.20 bits per heavy atom. The molecule has 1 aliphatic rings. The molecule has 0 amide bonds. The van der Waals surface area contributed by atoms with Crippen LogP contribution in [-0.2, 0) is 17.6 Å². The molecular formula is C13H18O2. The molecule has 0 saturated carbocycles. The molecule has 1 aromatic rings. The average Bonchev–Trinajstić information content (AvgIpc) is 2.24. The minimum atomic E-state index is -0.00622. The van der Waals surface area contributed by atoms with Crippen LogP contribution < -0.4 is 0 Å². The number of aliphatic hydroxyl groups excluding tert-OH is 1. The lowest BCUT2D eigenvalue weighted by Crippen LogP contribution is -2.47. The van der Waals surface area contributed by atoms with Crippen molar-refractivity contribution in [3.05, 3.63) is 35.4 Å². The zero-order valence-electron chi connectivity index (χ0n) is 9.20. The highest BCUT2D eigenvalue weighted by atomic mass is 16.5. The third-order valence-corrected chi connectivity index (χ3v) is 3.16. The Morgan fingerprint density at radius 2 is 1.80 bits per heavy atom. The van der Waals surface area contributed by atoms with Crippen LogP contribution in [0.1, 0.15) is 18.1 Å². The molecule has 2 nitrogen and oxygen atoms in total. The van der Waals surface area contributed by atoms with Crippen LogP contribution in [0, 0.1) is 5.41 Å². The second-order valence-electron chi connectivity index (χ2n) is 4.50. The van der Waals surface area contributed by atoms with Gasteiger partial charge in [-0.25, -0.2) is 0 Å². The molecule has 0 spiro atoms. The topological polar surface area (TPSA) is 29.5 Å². The summed E-state index contributed by atoms with van der Waals surface area (Å²) in [5.74, 6) is 0. The van der Waals surface area contributed by atoms with E-state index in [0.29, 0.717) is 13.2 Å². The summed E-state index contributed by atoms with van der Waals surface area (Å²) in [5, 5.41) is 9.32. The van der Waals surface area contributed by atoms with Gasteiger partial charge in [0.1, 0.15) is 0 Å². The van der Waals surface area contributed by atoms with Gasteiger partial charge in [-0.2, -0.15) is 0 Å². The Kier molecular flexibility index (Phi) is 3.08. The van der Waals surface area contributed by atoms with Crippen molar-refractivity contribution in [1.82, 2.24) is 0 Å². The van der Waals surface area contributed by atoms with Gasteiger partial charge in [0, 0.05) is 5.41 Å². The molecule has 0 aliphatic carbocycles. The van der Waals surface area contributed by atoms with E-state index in [0.717, 1.165) is 12.8 Å². The van der Waals surface area contributed by atoms with Crippen molar-refractivity contribution in [3.8, 4) is 0 Å². The number of hydrogen-bond donors (Lipinski definition) is 1. The van der Waals surface area contributed by atoms with Gasteiger partial charge in [-0.05, 0) is 24.0 Å². The Balaban J connectivity index is 2.03. The summed E-state index contributed by atoms with van der Waals surface area (Å²) in [6, 6.07) is 8.66. The fraction of sp³-hybridized carbons (Fsp3) is 0.538. The van der Waals surface area contributed by atoms with Gasteiger partial charge >= 0.3 is 0 Å². The Labute approximate surface area is 90.9 Å². The van der Waals surface area contributed by atoms with Crippen LogP contribution in [0.25, 0.3) is 0 Å². The molecule has 0 aromatic heterocycles. The van der Waals surface area contributed by atoms with Crippen LogP contribution in [0.2, 0.25) is 0 Å². The Morgan fingerprint density at radius 3 is 2.20 bits per heavy atom. The first-order chi connectivity index (χ1) is 7.28. The lowest BCUT2D eigenvalue weighted by atomic mass is 9.80. The smallest absolute Gasteiger partial charge is 0.0570 e. The Hall–Kier alpha value is -0.860. The van der Waals surface area contributed by atoms with Crippen LogP contribution in [0.5, 0.6) is 0 Å². The second kappa shape index (κ2) is 4.33. The maximum atomic E-state index is 9.32. The predicted octanol–water partition coefficient (Wildman–Crippen LogP) is 1.80. The number of rotatable bonds is 4. The first-order valence-electron chi connectivity index (χ1n) is 5.54. The van der Waals surface area contributed by atoms with E-state index < -0.39 is 0 Å². The normalized spacial score (nSPS) is 18.5. The quantitative estimate of drug-likeness (QED) is 0.814. The third-order valence-electron chi connectivity index (χ3n) is 3.16. The van der Waals surface area contributed by atoms with E-state index in [4.69, 9.17) is 4.74 Å². The van der Waals surface area contributed by atoms with Crippen LogP contribution >= 0.6 is 0 Å². The van der Waals surface area contributed by atoms with Crippen molar-refractivity contribution in [1.29, 1.82) is 0 Å². The van der Waals surface area contributed by atoms with Gasteiger partial charge in [-0.15, -0.1) is 0 Å². The van der Waals surface area contributed by atoms with Gasteiger partial charge < -0.3 is 9.84 Å². The van der Waals surface area contributed by atoms with Crippen molar-refractivity contribution in [2.45, 2.75) is 19.8 Å². The highest BCUT2D eigenvalue weighted by molar-refractivity contribution is 5.24. The van der Waals surface area contributed by atoms with Crippen LogP contribution in [0.3, 0.4) is 0 Å². The number of aryl methyl sites for hydroxylation is 1. The van der Waals surface area contributed by atoms with Crippen LogP contribution in [-0.4, -0.2) is 24.9 Å². The summed E-state index contributed by atoms with van der Waals surface area (Å²) in [6.07, 6.45) is 2.00. The van der Waals surface area contributed by atoms with E-state index in [9.17, 15) is 5.11 Å². The first-order valence-corrected chi connectivity index (χ1v) is 5.54. The van der Waals surface area contributed by atoms with Crippen molar-refractivity contribution in [3.63, 3.8) is 0 Å². The van der Waals surface area contributed by atoms with Gasteiger partial charge in [0.2, 0.25) is 0 Å². The van der Waals surface area contributed by atoms with Crippen LogP contribution in [0.4, 0.5) is 0 Å². The van der Waals surface area contributed by atoms with Crippen molar-refractivity contribution < 1.29 is 9.84 Å². The minimum Gasteiger partial charge on any atom is -0.396 e. The molecule has 1 fully saturated rings. The summed E-state index contributed by atoms with van der Waals surface area (Å²) in [6.45, 7) is 3.77. The molecule has 0 unspecified atom stereocenters. The van der Waals surface area contributed by atoms with E-state index >= 15 is 0 Å². The number of ether oxygens (including phenoxy) is 1. The zero-order chi connectivity index (χ0) is 10.7. The summed E-state index contributed by atoms with van der Waals surface area (Å²) >= 11 is 0. The fourth-order valence-corrected chi connectivity index (χ4v) is 1.97. The summed E-state index contributed by atoms with van der Waals surface area (Å²) < 4.78 is 5.19. The van der Waals surface area contributed by atoms with Crippen molar-refractivity contribution in [2.24, 2.45) is 5.41 Å². The number of aliphatic hydroxyl groups is 1. The second-order valence-corrected chi connectivity index (χ2v) is 4.50. The largest absolute Gasteiger partial charge is 0.396 e. The number of hydrogen-bond acceptors (Lipinski definition) is 2. The first kappa shape index (κ1) is 10.7. The molecule has 2 rings (SSSR count). The van der Waals surface area contributed by atoms with Crippen molar-refractivity contribution >= 4 is 0 Å².